The van der Waals surface area contributed by atoms with Crippen molar-refractivity contribution in [3.05, 3.63) is 35.9 Å². The lowest BCUT2D eigenvalue weighted by Gasteiger charge is -2.11. The first kappa shape index (κ1) is 12.6. The van der Waals surface area contributed by atoms with E-state index in [0.717, 1.165) is 6.42 Å². The molecule has 0 radical (unpaired) electrons. The molecule has 2 rings (SSSR count). The summed E-state index contributed by atoms with van der Waals surface area (Å²) in [5, 5.41) is 0. The Bertz CT molecular complexity index is 310. The van der Waals surface area contributed by atoms with Crippen molar-refractivity contribution in [2.45, 2.75) is 51.4 Å². The number of rotatable bonds is 6. The van der Waals surface area contributed by atoms with Gasteiger partial charge >= 0.3 is 0 Å². The van der Waals surface area contributed by atoms with E-state index in [9.17, 15) is 0 Å². The predicted molar refractivity (Wildman–Crippen MR) is 68.8 cm³/mol. The smallest absolute Gasteiger partial charge is 0.158 e. The highest BCUT2D eigenvalue weighted by molar-refractivity contribution is 5.18. The average molecular weight is 234 g/mol. The molecule has 1 aromatic rings. The molecule has 1 aliphatic rings. The molecule has 17 heavy (non-hydrogen) atoms. The number of ether oxygens (including phenoxy) is 2. The Kier molecular flexibility index (Phi) is 5.02. The van der Waals surface area contributed by atoms with Crippen molar-refractivity contribution in [1.29, 1.82) is 0 Å². The van der Waals surface area contributed by atoms with E-state index >= 15 is 0 Å². The van der Waals surface area contributed by atoms with Crippen LogP contribution in [0.3, 0.4) is 0 Å². The van der Waals surface area contributed by atoms with Gasteiger partial charge in [-0.15, -0.1) is 0 Å². The van der Waals surface area contributed by atoms with Gasteiger partial charge in [-0.25, -0.2) is 0 Å². The minimum atomic E-state index is 0.0112. The molecule has 0 aromatic heterocycles. The lowest BCUT2D eigenvalue weighted by atomic mass is 10.1. The lowest BCUT2D eigenvalue weighted by Crippen LogP contribution is -2.07. The zero-order valence-electron chi connectivity index (χ0n) is 10.6. The van der Waals surface area contributed by atoms with E-state index in [1.807, 2.05) is 18.2 Å². The van der Waals surface area contributed by atoms with Gasteiger partial charge in [0.15, 0.2) is 6.29 Å². The van der Waals surface area contributed by atoms with Gasteiger partial charge in [0.25, 0.3) is 0 Å². The van der Waals surface area contributed by atoms with Gasteiger partial charge in [-0.1, -0.05) is 56.5 Å². The van der Waals surface area contributed by atoms with E-state index in [2.05, 4.69) is 19.1 Å². The number of benzene rings is 1. The highest BCUT2D eigenvalue weighted by Gasteiger charge is 2.26. The zero-order valence-corrected chi connectivity index (χ0v) is 10.6. The second-order valence-corrected chi connectivity index (χ2v) is 4.65. The summed E-state index contributed by atoms with van der Waals surface area (Å²) in [4.78, 5) is 0. The van der Waals surface area contributed by atoms with Crippen LogP contribution in [0, 0.1) is 0 Å². The molecule has 0 bridgehead atoms. The zero-order chi connectivity index (χ0) is 11.9. The van der Waals surface area contributed by atoms with E-state index in [4.69, 9.17) is 9.47 Å². The van der Waals surface area contributed by atoms with Crippen molar-refractivity contribution >= 4 is 0 Å². The van der Waals surface area contributed by atoms with Gasteiger partial charge in [-0.05, 0) is 18.4 Å². The van der Waals surface area contributed by atoms with Gasteiger partial charge in [-0.2, -0.15) is 0 Å². The topological polar surface area (TPSA) is 18.5 Å². The van der Waals surface area contributed by atoms with E-state index in [-0.39, 0.29) is 12.4 Å². The average Bonchev–Trinajstić information content (AvgIpc) is 2.85. The Morgan fingerprint density at radius 1 is 1.12 bits per heavy atom. The Labute approximate surface area is 104 Å². The molecule has 0 N–H and O–H groups in total. The second kappa shape index (κ2) is 6.77. The van der Waals surface area contributed by atoms with Crippen LogP contribution in [0.4, 0.5) is 0 Å². The first-order valence-corrected chi connectivity index (χ1v) is 6.72. The van der Waals surface area contributed by atoms with Crippen LogP contribution in [0.25, 0.3) is 0 Å². The first-order chi connectivity index (χ1) is 8.40. The molecule has 1 saturated heterocycles. The van der Waals surface area contributed by atoms with Crippen molar-refractivity contribution in [2.75, 3.05) is 6.61 Å². The van der Waals surface area contributed by atoms with Gasteiger partial charge in [0.2, 0.25) is 0 Å². The molecule has 94 valence electrons. The number of hydrogen-bond donors (Lipinski definition) is 0. The van der Waals surface area contributed by atoms with Crippen molar-refractivity contribution in [1.82, 2.24) is 0 Å². The molecule has 0 spiro atoms. The molecule has 2 atom stereocenters. The van der Waals surface area contributed by atoms with Crippen molar-refractivity contribution < 1.29 is 9.47 Å². The molecular weight excluding hydrogens is 212 g/mol. The number of hydrogen-bond acceptors (Lipinski definition) is 2. The SMILES string of the molecule is CCCCCC[C@H]1OC[C@H](c2ccccc2)O1. The molecule has 1 heterocycles. The maximum atomic E-state index is 5.91. The third kappa shape index (κ3) is 3.83. The van der Waals surface area contributed by atoms with Gasteiger partial charge in [0.1, 0.15) is 6.10 Å². The third-order valence-corrected chi connectivity index (χ3v) is 3.21. The van der Waals surface area contributed by atoms with Crippen LogP contribution < -0.4 is 0 Å². The fourth-order valence-corrected chi connectivity index (χ4v) is 2.19. The van der Waals surface area contributed by atoms with Crippen molar-refractivity contribution in [3.63, 3.8) is 0 Å². The molecule has 0 saturated carbocycles. The molecule has 1 aliphatic heterocycles. The lowest BCUT2D eigenvalue weighted by molar-refractivity contribution is -0.0637. The summed E-state index contributed by atoms with van der Waals surface area (Å²) in [5.74, 6) is 0. The summed E-state index contributed by atoms with van der Waals surface area (Å²) in [6.45, 7) is 2.93. The van der Waals surface area contributed by atoms with Gasteiger partial charge in [0.05, 0.1) is 6.61 Å². The molecule has 2 heteroatoms. The van der Waals surface area contributed by atoms with Crippen molar-refractivity contribution in [2.24, 2.45) is 0 Å². The summed E-state index contributed by atoms with van der Waals surface area (Å²) in [7, 11) is 0. The van der Waals surface area contributed by atoms with Crippen LogP contribution in [0.1, 0.15) is 50.7 Å². The van der Waals surface area contributed by atoms with Crippen LogP contribution in [-0.4, -0.2) is 12.9 Å². The van der Waals surface area contributed by atoms with E-state index in [1.165, 1.54) is 31.2 Å². The molecule has 1 fully saturated rings. The summed E-state index contributed by atoms with van der Waals surface area (Å²) in [5.41, 5.74) is 1.23. The molecule has 2 nitrogen and oxygen atoms in total. The van der Waals surface area contributed by atoms with Crippen LogP contribution in [-0.2, 0) is 9.47 Å². The Morgan fingerprint density at radius 3 is 2.71 bits per heavy atom. The Morgan fingerprint density at radius 2 is 1.94 bits per heavy atom. The van der Waals surface area contributed by atoms with Crippen molar-refractivity contribution in [3.8, 4) is 0 Å². The molecular formula is C15H22O2. The fraction of sp³-hybridized carbons (Fsp3) is 0.600. The Balaban J connectivity index is 1.72. The summed E-state index contributed by atoms with van der Waals surface area (Å²) in [6.07, 6.45) is 6.26. The largest absolute Gasteiger partial charge is 0.350 e. The van der Waals surface area contributed by atoms with Gasteiger partial charge < -0.3 is 9.47 Å². The monoisotopic (exact) mass is 234 g/mol. The maximum absolute atomic E-state index is 5.91. The van der Waals surface area contributed by atoms with E-state index in [1.54, 1.807) is 0 Å². The summed E-state index contributed by atoms with van der Waals surface area (Å²) >= 11 is 0. The predicted octanol–water partition coefficient (Wildman–Crippen LogP) is 4.07. The second-order valence-electron chi connectivity index (χ2n) is 4.65. The summed E-state index contributed by atoms with van der Waals surface area (Å²) < 4.78 is 11.6. The molecule has 0 aliphatic carbocycles. The van der Waals surface area contributed by atoms with Crippen LogP contribution in [0.15, 0.2) is 30.3 Å². The van der Waals surface area contributed by atoms with E-state index < -0.39 is 0 Å². The molecule has 1 aromatic carbocycles. The highest BCUT2D eigenvalue weighted by atomic mass is 16.7. The van der Waals surface area contributed by atoms with E-state index in [0.29, 0.717) is 6.61 Å². The van der Waals surface area contributed by atoms with Crippen LogP contribution in [0.2, 0.25) is 0 Å². The van der Waals surface area contributed by atoms with Gasteiger partial charge in [0, 0.05) is 0 Å². The normalized spacial score (nSPS) is 24.1. The van der Waals surface area contributed by atoms with Crippen LogP contribution >= 0.6 is 0 Å². The minimum absolute atomic E-state index is 0.0112. The molecule has 0 amide bonds. The summed E-state index contributed by atoms with van der Waals surface area (Å²) in [6, 6.07) is 10.3. The van der Waals surface area contributed by atoms with Gasteiger partial charge in [-0.3, -0.25) is 0 Å². The highest BCUT2D eigenvalue weighted by Crippen LogP contribution is 2.28. The van der Waals surface area contributed by atoms with Crippen LogP contribution in [0.5, 0.6) is 0 Å². The first-order valence-electron chi connectivity index (χ1n) is 6.72. The third-order valence-electron chi connectivity index (χ3n) is 3.21. The standard InChI is InChI=1S/C15H22O2/c1-2-3-4-8-11-15-16-12-14(17-15)13-9-6-5-7-10-13/h5-7,9-10,14-15H,2-4,8,11-12H2,1H3/t14-,15+/m1/s1. The maximum Gasteiger partial charge on any atom is 0.158 e. The minimum Gasteiger partial charge on any atom is -0.350 e. The molecule has 0 unspecified atom stereocenters. The number of unbranched alkanes of at least 4 members (excludes halogenated alkanes) is 3. The quantitative estimate of drug-likeness (QED) is 0.691. The Hall–Kier alpha value is -0.860. The fourth-order valence-electron chi connectivity index (χ4n) is 2.19.